The fourth-order valence-electron chi connectivity index (χ4n) is 1.83. The van der Waals surface area contributed by atoms with E-state index in [1.807, 2.05) is 18.7 Å². The van der Waals surface area contributed by atoms with E-state index in [-0.39, 0.29) is 5.91 Å². The highest BCUT2D eigenvalue weighted by Gasteiger charge is 2.36. The molecule has 1 heterocycles. The lowest BCUT2D eigenvalue weighted by Crippen LogP contribution is -2.57. The third-order valence-electron chi connectivity index (χ3n) is 3.23. The zero-order chi connectivity index (χ0) is 11.5. The molecule has 2 atom stereocenters. The molecule has 0 bridgehead atoms. The molecule has 1 unspecified atom stereocenters. The molecule has 4 nitrogen and oxygen atoms in total. The van der Waals surface area contributed by atoms with Crippen LogP contribution in [0.4, 0.5) is 0 Å². The molecule has 0 spiro atoms. The van der Waals surface area contributed by atoms with Gasteiger partial charge in [0.2, 0.25) is 0 Å². The van der Waals surface area contributed by atoms with Crippen LogP contribution in [0, 0.1) is 0 Å². The maximum absolute atomic E-state index is 12.2. The molecule has 1 rings (SSSR count). The summed E-state index contributed by atoms with van der Waals surface area (Å²) >= 11 is 0. The van der Waals surface area contributed by atoms with Crippen LogP contribution < -0.4 is 5.32 Å². The van der Waals surface area contributed by atoms with Gasteiger partial charge in [0.25, 0.3) is 5.91 Å². The largest absolute Gasteiger partial charge is 0.369 e. The van der Waals surface area contributed by atoms with E-state index in [1.165, 1.54) is 0 Å². The number of piperazine rings is 1. The first kappa shape index (κ1) is 12.5. The van der Waals surface area contributed by atoms with E-state index >= 15 is 0 Å². The van der Waals surface area contributed by atoms with Crippen LogP contribution in [0.5, 0.6) is 0 Å². The predicted octanol–water partition coefficient (Wildman–Crippen LogP) is 0.622. The van der Waals surface area contributed by atoms with Crippen LogP contribution in [-0.4, -0.2) is 49.2 Å². The van der Waals surface area contributed by atoms with E-state index < -0.39 is 5.60 Å². The van der Waals surface area contributed by atoms with E-state index in [0.29, 0.717) is 12.5 Å². The van der Waals surface area contributed by atoms with Crippen molar-refractivity contribution in [2.24, 2.45) is 0 Å². The summed E-state index contributed by atoms with van der Waals surface area (Å²) in [7, 11) is 1.60. The van der Waals surface area contributed by atoms with E-state index in [1.54, 1.807) is 7.11 Å². The average molecular weight is 214 g/mol. The Hall–Kier alpha value is -0.610. The van der Waals surface area contributed by atoms with Crippen molar-refractivity contribution in [1.82, 2.24) is 10.2 Å². The highest BCUT2D eigenvalue weighted by molar-refractivity contribution is 5.85. The van der Waals surface area contributed by atoms with Crippen molar-refractivity contribution in [2.45, 2.75) is 38.8 Å². The van der Waals surface area contributed by atoms with Crippen molar-refractivity contribution in [1.29, 1.82) is 0 Å². The SMILES string of the molecule is CCC(C)(OC)C(=O)N1CCN[C@H](C)C1. The standard InChI is InChI=1S/C11H22N2O2/c1-5-11(3,15-4)10(14)13-7-6-12-9(2)8-13/h9,12H,5-8H2,1-4H3/t9-,11?/m1/s1. The van der Waals surface area contributed by atoms with Crippen LogP contribution in [-0.2, 0) is 9.53 Å². The molecule has 4 heteroatoms. The first-order valence-electron chi connectivity index (χ1n) is 5.61. The Balaban J connectivity index is 2.66. The van der Waals surface area contributed by atoms with Gasteiger partial charge in [0, 0.05) is 32.8 Å². The molecule has 1 amide bonds. The van der Waals surface area contributed by atoms with E-state index in [4.69, 9.17) is 4.74 Å². The van der Waals surface area contributed by atoms with Crippen molar-refractivity contribution < 1.29 is 9.53 Å². The first-order valence-corrected chi connectivity index (χ1v) is 5.61. The number of carbonyl (C=O) groups excluding carboxylic acids is 1. The molecule has 0 aliphatic carbocycles. The lowest BCUT2D eigenvalue weighted by atomic mass is 10.0. The van der Waals surface area contributed by atoms with Gasteiger partial charge in [-0.2, -0.15) is 0 Å². The molecule has 15 heavy (non-hydrogen) atoms. The molecule has 0 radical (unpaired) electrons. The predicted molar refractivity (Wildman–Crippen MR) is 59.7 cm³/mol. The highest BCUT2D eigenvalue weighted by atomic mass is 16.5. The van der Waals surface area contributed by atoms with E-state index in [0.717, 1.165) is 19.6 Å². The number of methoxy groups -OCH3 is 1. The Labute approximate surface area is 92.0 Å². The van der Waals surface area contributed by atoms with Gasteiger partial charge in [-0.15, -0.1) is 0 Å². The molecule has 1 fully saturated rings. The maximum atomic E-state index is 12.2. The second kappa shape index (κ2) is 4.94. The second-order valence-electron chi connectivity index (χ2n) is 4.39. The van der Waals surface area contributed by atoms with Gasteiger partial charge < -0.3 is 15.0 Å². The maximum Gasteiger partial charge on any atom is 0.254 e. The molecule has 1 aliphatic rings. The number of ether oxygens (including phenoxy) is 1. The van der Waals surface area contributed by atoms with Crippen LogP contribution in [0.3, 0.4) is 0 Å². The first-order chi connectivity index (χ1) is 7.03. The minimum absolute atomic E-state index is 0.112. The minimum Gasteiger partial charge on any atom is -0.369 e. The number of nitrogens with one attached hydrogen (secondary N) is 1. The van der Waals surface area contributed by atoms with Gasteiger partial charge in [-0.3, -0.25) is 4.79 Å². The van der Waals surface area contributed by atoms with Gasteiger partial charge in [-0.25, -0.2) is 0 Å². The number of hydrogen-bond acceptors (Lipinski definition) is 3. The van der Waals surface area contributed by atoms with Crippen LogP contribution in [0.25, 0.3) is 0 Å². The van der Waals surface area contributed by atoms with Gasteiger partial charge in [-0.05, 0) is 20.3 Å². The average Bonchev–Trinajstić information content (AvgIpc) is 2.27. The monoisotopic (exact) mass is 214 g/mol. The summed E-state index contributed by atoms with van der Waals surface area (Å²) in [5.74, 6) is 0.112. The Bertz CT molecular complexity index is 227. The smallest absolute Gasteiger partial charge is 0.254 e. The zero-order valence-corrected chi connectivity index (χ0v) is 10.2. The fraction of sp³-hybridized carbons (Fsp3) is 0.909. The third-order valence-corrected chi connectivity index (χ3v) is 3.23. The number of rotatable bonds is 3. The summed E-state index contributed by atoms with van der Waals surface area (Å²) in [4.78, 5) is 14.1. The normalized spacial score (nSPS) is 26.1. The Kier molecular flexibility index (Phi) is 4.11. The molecule has 0 saturated carbocycles. The topological polar surface area (TPSA) is 41.6 Å². The molecule has 0 aromatic rings. The van der Waals surface area contributed by atoms with E-state index in [2.05, 4.69) is 12.2 Å². The van der Waals surface area contributed by atoms with Gasteiger partial charge >= 0.3 is 0 Å². The quantitative estimate of drug-likeness (QED) is 0.749. The van der Waals surface area contributed by atoms with Crippen molar-refractivity contribution in [2.75, 3.05) is 26.7 Å². The van der Waals surface area contributed by atoms with E-state index in [9.17, 15) is 4.79 Å². The summed E-state index contributed by atoms with van der Waals surface area (Å²) < 4.78 is 5.33. The molecule has 1 aliphatic heterocycles. The summed E-state index contributed by atoms with van der Waals surface area (Å²) in [6, 6.07) is 0.376. The van der Waals surface area contributed by atoms with Crippen molar-refractivity contribution in [3.05, 3.63) is 0 Å². The molecule has 1 N–H and O–H groups in total. The summed E-state index contributed by atoms with van der Waals surface area (Å²) in [5.41, 5.74) is -0.656. The molecular weight excluding hydrogens is 192 g/mol. The number of carbonyl (C=O) groups is 1. The minimum atomic E-state index is -0.656. The summed E-state index contributed by atoms with van der Waals surface area (Å²) in [6.45, 7) is 8.36. The number of amides is 1. The van der Waals surface area contributed by atoms with Gasteiger partial charge in [0.15, 0.2) is 0 Å². The highest BCUT2D eigenvalue weighted by Crippen LogP contribution is 2.18. The molecule has 1 saturated heterocycles. The van der Waals surface area contributed by atoms with Crippen LogP contribution in [0.1, 0.15) is 27.2 Å². The molecule has 0 aromatic carbocycles. The van der Waals surface area contributed by atoms with Crippen molar-refractivity contribution in [3.63, 3.8) is 0 Å². The Morgan fingerprint density at radius 2 is 2.33 bits per heavy atom. The van der Waals surface area contributed by atoms with Crippen LogP contribution >= 0.6 is 0 Å². The lowest BCUT2D eigenvalue weighted by molar-refractivity contribution is -0.154. The Morgan fingerprint density at radius 3 is 2.80 bits per heavy atom. The van der Waals surface area contributed by atoms with Crippen LogP contribution in [0.15, 0.2) is 0 Å². The fourth-order valence-corrected chi connectivity index (χ4v) is 1.83. The molecular formula is C11H22N2O2. The number of hydrogen-bond donors (Lipinski definition) is 1. The molecule has 0 aromatic heterocycles. The van der Waals surface area contributed by atoms with Gasteiger partial charge in [-0.1, -0.05) is 6.92 Å². The van der Waals surface area contributed by atoms with Gasteiger partial charge in [0.05, 0.1) is 0 Å². The summed E-state index contributed by atoms with van der Waals surface area (Å²) in [5, 5.41) is 3.32. The van der Waals surface area contributed by atoms with Crippen LogP contribution in [0.2, 0.25) is 0 Å². The second-order valence-corrected chi connectivity index (χ2v) is 4.39. The van der Waals surface area contributed by atoms with Crippen molar-refractivity contribution in [3.8, 4) is 0 Å². The molecule has 88 valence electrons. The summed E-state index contributed by atoms with van der Waals surface area (Å²) in [6.07, 6.45) is 0.709. The zero-order valence-electron chi connectivity index (χ0n) is 10.2. The van der Waals surface area contributed by atoms with Gasteiger partial charge in [0.1, 0.15) is 5.60 Å². The number of nitrogens with zero attached hydrogens (tertiary/aromatic N) is 1. The Morgan fingerprint density at radius 1 is 1.67 bits per heavy atom. The third kappa shape index (κ3) is 2.69. The van der Waals surface area contributed by atoms with Crippen molar-refractivity contribution >= 4 is 5.91 Å². The lowest BCUT2D eigenvalue weighted by Gasteiger charge is -2.37.